The van der Waals surface area contributed by atoms with Crippen LogP contribution < -0.4 is 10.0 Å². The molecule has 1 aromatic carbocycles. The summed E-state index contributed by atoms with van der Waals surface area (Å²) in [6.07, 6.45) is 4.92. The van der Waals surface area contributed by atoms with Gasteiger partial charge >= 0.3 is 0 Å². The number of hydrogen-bond acceptors (Lipinski definition) is 5. The van der Waals surface area contributed by atoms with Crippen molar-refractivity contribution in [3.8, 4) is 0 Å². The van der Waals surface area contributed by atoms with Crippen LogP contribution in [0.2, 0.25) is 5.02 Å². The first kappa shape index (κ1) is 15.6. The van der Waals surface area contributed by atoms with Gasteiger partial charge in [-0.2, -0.15) is 0 Å². The molecular formula is C14H19ClN4O2S. The summed E-state index contributed by atoms with van der Waals surface area (Å²) < 4.78 is 27.0. The standard InChI is InChI=1S/C14H19ClN4O2S/c15-11-5-7-13(8-6-11)22(20,21)18-14-16-9-19(10-17-14)12-3-1-2-4-12/h5-8,12H,1-4,9-10H2,(H2,16,17,18). The van der Waals surface area contributed by atoms with E-state index in [1.54, 1.807) is 12.1 Å². The van der Waals surface area contributed by atoms with Crippen LogP contribution in [0.5, 0.6) is 0 Å². The second-order valence-electron chi connectivity index (χ2n) is 5.57. The lowest BCUT2D eigenvalue weighted by Crippen LogP contribution is -2.52. The molecule has 0 bridgehead atoms. The summed E-state index contributed by atoms with van der Waals surface area (Å²) in [5.74, 6) is 0.296. The Kier molecular flexibility index (Phi) is 4.56. The number of rotatable bonds is 3. The molecule has 0 unspecified atom stereocenters. The van der Waals surface area contributed by atoms with Gasteiger partial charge in [0.2, 0.25) is 5.96 Å². The molecule has 0 spiro atoms. The fourth-order valence-electron chi connectivity index (χ4n) is 2.83. The Bertz CT molecular complexity index is 654. The quantitative estimate of drug-likeness (QED) is 0.877. The van der Waals surface area contributed by atoms with Gasteiger partial charge in [0.25, 0.3) is 10.0 Å². The normalized spacial score (nSPS) is 20.5. The van der Waals surface area contributed by atoms with E-state index < -0.39 is 10.0 Å². The molecule has 3 rings (SSSR count). The van der Waals surface area contributed by atoms with Crippen LogP contribution in [0, 0.1) is 0 Å². The molecule has 1 heterocycles. The van der Waals surface area contributed by atoms with Gasteiger partial charge in [-0.15, -0.1) is 0 Å². The molecule has 6 nitrogen and oxygen atoms in total. The fraction of sp³-hybridized carbons (Fsp3) is 0.500. The zero-order valence-corrected chi connectivity index (χ0v) is 13.7. The number of benzene rings is 1. The topological polar surface area (TPSA) is 73.8 Å². The molecule has 0 amide bonds. The Balaban J connectivity index is 1.64. The number of guanidine groups is 1. The Morgan fingerprint density at radius 3 is 2.50 bits per heavy atom. The number of sulfonamides is 1. The second kappa shape index (κ2) is 6.44. The van der Waals surface area contributed by atoms with Gasteiger partial charge in [-0.1, -0.05) is 24.4 Å². The molecule has 120 valence electrons. The Hall–Kier alpha value is -1.31. The molecule has 0 saturated heterocycles. The average Bonchev–Trinajstić information content (AvgIpc) is 3.02. The van der Waals surface area contributed by atoms with Gasteiger partial charge in [0.15, 0.2) is 0 Å². The number of nitrogens with one attached hydrogen (secondary N) is 2. The summed E-state index contributed by atoms with van der Waals surface area (Å²) in [4.78, 5) is 6.71. The van der Waals surface area contributed by atoms with Crippen molar-refractivity contribution in [1.82, 2.24) is 14.9 Å². The minimum atomic E-state index is -3.63. The molecule has 0 atom stereocenters. The molecule has 1 aliphatic heterocycles. The van der Waals surface area contributed by atoms with E-state index in [9.17, 15) is 8.42 Å². The Morgan fingerprint density at radius 1 is 1.23 bits per heavy atom. The van der Waals surface area contributed by atoms with Crippen LogP contribution in [0.4, 0.5) is 0 Å². The third-order valence-electron chi connectivity index (χ3n) is 4.06. The minimum absolute atomic E-state index is 0.166. The largest absolute Gasteiger partial charge is 0.343 e. The molecule has 0 radical (unpaired) electrons. The van der Waals surface area contributed by atoms with Crippen molar-refractivity contribution >= 4 is 27.6 Å². The van der Waals surface area contributed by atoms with E-state index in [0.29, 0.717) is 30.4 Å². The van der Waals surface area contributed by atoms with E-state index in [4.69, 9.17) is 11.6 Å². The van der Waals surface area contributed by atoms with Crippen LogP contribution in [0.15, 0.2) is 34.2 Å². The van der Waals surface area contributed by atoms with E-state index in [2.05, 4.69) is 19.9 Å². The average molecular weight is 343 g/mol. The van der Waals surface area contributed by atoms with Crippen molar-refractivity contribution in [1.29, 1.82) is 0 Å². The lowest BCUT2D eigenvalue weighted by molar-refractivity contribution is 0.190. The lowest BCUT2D eigenvalue weighted by atomic mass is 10.2. The fourth-order valence-corrected chi connectivity index (χ4v) is 3.96. The van der Waals surface area contributed by atoms with Gasteiger partial charge in [0.1, 0.15) is 0 Å². The van der Waals surface area contributed by atoms with Gasteiger partial charge in [0.05, 0.1) is 18.2 Å². The van der Waals surface area contributed by atoms with Crippen LogP contribution in [-0.4, -0.2) is 38.7 Å². The monoisotopic (exact) mass is 342 g/mol. The number of nitrogens with zero attached hydrogens (tertiary/aromatic N) is 2. The molecule has 0 aromatic heterocycles. The molecule has 1 fully saturated rings. The highest BCUT2D eigenvalue weighted by atomic mass is 35.5. The third kappa shape index (κ3) is 3.53. The van der Waals surface area contributed by atoms with Gasteiger partial charge < -0.3 is 5.32 Å². The van der Waals surface area contributed by atoms with Crippen molar-refractivity contribution in [2.75, 3.05) is 13.3 Å². The summed E-state index contributed by atoms with van der Waals surface area (Å²) in [6, 6.07) is 6.60. The van der Waals surface area contributed by atoms with Crippen molar-refractivity contribution in [3.05, 3.63) is 29.3 Å². The highest BCUT2D eigenvalue weighted by Crippen LogP contribution is 2.23. The first-order chi connectivity index (χ1) is 10.5. The van der Waals surface area contributed by atoms with Crippen LogP contribution in [0.1, 0.15) is 25.7 Å². The molecule has 1 aromatic rings. The number of hydrogen-bond donors (Lipinski definition) is 2. The van der Waals surface area contributed by atoms with E-state index in [1.165, 1.54) is 37.8 Å². The lowest BCUT2D eigenvalue weighted by Gasteiger charge is -2.31. The first-order valence-electron chi connectivity index (χ1n) is 7.35. The summed E-state index contributed by atoms with van der Waals surface area (Å²) in [5, 5.41) is 3.54. The Morgan fingerprint density at radius 2 is 1.91 bits per heavy atom. The maximum absolute atomic E-state index is 12.3. The molecule has 8 heteroatoms. The predicted octanol–water partition coefficient (Wildman–Crippen LogP) is 1.74. The van der Waals surface area contributed by atoms with Crippen molar-refractivity contribution < 1.29 is 8.42 Å². The number of aliphatic imine (C=N–C) groups is 1. The minimum Gasteiger partial charge on any atom is -0.343 e. The van der Waals surface area contributed by atoms with E-state index in [0.717, 1.165) is 0 Å². The van der Waals surface area contributed by atoms with Gasteiger partial charge in [-0.3, -0.25) is 4.90 Å². The smallest absolute Gasteiger partial charge is 0.264 e. The van der Waals surface area contributed by atoms with Crippen LogP contribution in [0.25, 0.3) is 0 Å². The molecule has 1 aliphatic carbocycles. The van der Waals surface area contributed by atoms with E-state index in [-0.39, 0.29) is 4.90 Å². The third-order valence-corrected chi connectivity index (χ3v) is 5.66. The van der Waals surface area contributed by atoms with E-state index in [1.807, 2.05) is 0 Å². The highest BCUT2D eigenvalue weighted by Gasteiger charge is 2.25. The molecule has 2 aliphatic rings. The molecule has 2 N–H and O–H groups in total. The second-order valence-corrected chi connectivity index (χ2v) is 7.69. The van der Waals surface area contributed by atoms with Crippen molar-refractivity contribution in [2.24, 2.45) is 4.99 Å². The summed E-state index contributed by atoms with van der Waals surface area (Å²) >= 11 is 5.78. The maximum Gasteiger partial charge on any atom is 0.264 e. The summed E-state index contributed by atoms with van der Waals surface area (Å²) in [5.41, 5.74) is 0. The highest BCUT2D eigenvalue weighted by molar-refractivity contribution is 7.90. The van der Waals surface area contributed by atoms with Crippen LogP contribution in [-0.2, 0) is 10.0 Å². The Labute approximate surface area is 135 Å². The van der Waals surface area contributed by atoms with Gasteiger partial charge in [-0.05, 0) is 37.1 Å². The van der Waals surface area contributed by atoms with Crippen molar-refractivity contribution in [3.63, 3.8) is 0 Å². The molecule has 1 saturated carbocycles. The van der Waals surface area contributed by atoms with Crippen LogP contribution in [0.3, 0.4) is 0 Å². The van der Waals surface area contributed by atoms with Crippen molar-refractivity contribution in [2.45, 2.75) is 36.6 Å². The maximum atomic E-state index is 12.3. The summed E-state index contributed by atoms with van der Waals surface area (Å²) in [6.45, 7) is 1.14. The zero-order chi connectivity index (χ0) is 15.6. The molecule has 22 heavy (non-hydrogen) atoms. The first-order valence-corrected chi connectivity index (χ1v) is 9.21. The number of halogens is 1. The SMILES string of the molecule is O=S(=O)(NC1=NCN(C2CCCC2)CN1)c1ccc(Cl)cc1. The van der Waals surface area contributed by atoms with Gasteiger partial charge in [0, 0.05) is 11.1 Å². The zero-order valence-electron chi connectivity index (χ0n) is 12.1. The summed E-state index contributed by atoms with van der Waals surface area (Å²) in [7, 11) is -3.63. The predicted molar refractivity (Wildman–Crippen MR) is 86.2 cm³/mol. The van der Waals surface area contributed by atoms with E-state index >= 15 is 0 Å². The van der Waals surface area contributed by atoms with Gasteiger partial charge in [-0.25, -0.2) is 18.1 Å². The molecular weight excluding hydrogens is 324 g/mol. The van der Waals surface area contributed by atoms with Crippen LogP contribution >= 0.6 is 11.6 Å².